The highest BCUT2D eigenvalue weighted by Crippen LogP contribution is 2.04. The van der Waals surface area contributed by atoms with Crippen LogP contribution in [0.5, 0.6) is 0 Å². The minimum atomic E-state index is 0.0167. The first-order chi connectivity index (χ1) is 8.40. The van der Waals surface area contributed by atoms with Gasteiger partial charge in [-0.25, -0.2) is 0 Å². The topological polar surface area (TPSA) is 57.3 Å². The van der Waals surface area contributed by atoms with Crippen molar-refractivity contribution in [1.29, 1.82) is 0 Å². The minimum absolute atomic E-state index is 0.0167. The highest BCUT2D eigenvalue weighted by molar-refractivity contribution is 5.58. The Hall–Kier alpha value is -1.46. The molecule has 2 heterocycles. The zero-order chi connectivity index (χ0) is 11.9. The third-order valence-electron chi connectivity index (χ3n) is 2.96. The summed E-state index contributed by atoms with van der Waals surface area (Å²) in [5.74, 6) is 0. The van der Waals surface area contributed by atoms with Crippen LogP contribution in [0.15, 0.2) is 24.5 Å². The fraction of sp³-hybridized carbons (Fsp3) is 0.500. The van der Waals surface area contributed by atoms with Crippen molar-refractivity contribution in [3.63, 3.8) is 0 Å². The molecule has 0 aliphatic carbocycles. The number of hydrogen-bond donors (Lipinski definition) is 2. The third-order valence-corrected chi connectivity index (χ3v) is 2.96. The molecule has 1 aliphatic rings. The lowest BCUT2D eigenvalue weighted by Crippen LogP contribution is -2.53. The molecule has 0 saturated carbocycles. The normalized spacial score (nSPS) is 21.1. The van der Waals surface area contributed by atoms with Crippen LogP contribution in [0, 0.1) is 0 Å². The van der Waals surface area contributed by atoms with Crippen molar-refractivity contribution < 1.29 is 4.79 Å². The molecule has 17 heavy (non-hydrogen) atoms. The maximum Gasteiger partial charge on any atom is 0.138 e. The van der Waals surface area contributed by atoms with E-state index in [4.69, 9.17) is 0 Å². The number of piperazine rings is 1. The molecule has 0 spiro atoms. The first-order valence-electron chi connectivity index (χ1n) is 5.94. The van der Waals surface area contributed by atoms with Crippen molar-refractivity contribution in [3.05, 3.63) is 24.5 Å². The Morgan fingerprint density at radius 3 is 3.12 bits per heavy atom. The summed E-state index contributed by atoms with van der Waals surface area (Å²) in [5.41, 5.74) is 1.07. The molecule has 0 aromatic carbocycles. The molecule has 2 N–H and O–H groups in total. The lowest BCUT2D eigenvalue weighted by Gasteiger charge is -2.32. The number of aromatic nitrogens is 1. The van der Waals surface area contributed by atoms with Gasteiger partial charge >= 0.3 is 0 Å². The summed E-state index contributed by atoms with van der Waals surface area (Å²) in [4.78, 5) is 17.1. The average Bonchev–Trinajstić information content (AvgIpc) is 2.40. The molecular weight excluding hydrogens is 216 g/mol. The summed E-state index contributed by atoms with van der Waals surface area (Å²) in [6.07, 6.45) is 4.56. The highest BCUT2D eigenvalue weighted by Gasteiger charge is 2.20. The van der Waals surface area contributed by atoms with E-state index >= 15 is 0 Å². The fourth-order valence-corrected chi connectivity index (χ4v) is 1.99. The van der Waals surface area contributed by atoms with Crippen LogP contribution in [0.2, 0.25) is 0 Å². The molecule has 0 amide bonds. The first-order valence-corrected chi connectivity index (χ1v) is 5.94. The van der Waals surface area contributed by atoms with E-state index in [0.29, 0.717) is 0 Å². The van der Waals surface area contributed by atoms with E-state index in [9.17, 15) is 4.79 Å². The van der Waals surface area contributed by atoms with Gasteiger partial charge in [-0.15, -0.1) is 0 Å². The van der Waals surface area contributed by atoms with E-state index in [-0.39, 0.29) is 6.04 Å². The maximum atomic E-state index is 10.9. The number of pyridine rings is 1. The summed E-state index contributed by atoms with van der Waals surface area (Å²) in [6, 6.07) is 3.90. The standard InChI is InChI=1S/C12H18N4O/c17-10-12-9-14-5-7-16(12)8-6-15-11-1-3-13-4-2-11/h1-4,10,12,14H,5-9H2,(H,13,15). The van der Waals surface area contributed by atoms with Crippen LogP contribution in [0.4, 0.5) is 5.69 Å². The quantitative estimate of drug-likeness (QED) is 0.701. The Morgan fingerprint density at radius 1 is 1.53 bits per heavy atom. The number of anilines is 1. The lowest BCUT2D eigenvalue weighted by atomic mass is 10.2. The van der Waals surface area contributed by atoms with Crippen molar-refractivity contribution in [2.45, 2.75) is 6.04 Å². The minimum Gasteiger partial charge on any atom is -0.384 e. The Bertz CT molecular complexity index is 344. The van der Waals surface area contributed by atoms with E-state index in [2.05, 4.69) is 20.5 Å². The Morgan fingerprint density at radius 2 is 2.35 bits per heavy atom. The number of aldehydes is 1. The van der Waals surface area contributed by atoms with Crippen LogP contribution in [-0.2, 0) is 4.79 Å². The van der Waals surface area contributed by atoms with Gasteiger partial charge in [0.05, 0.1) is 6.04 Å². The molecule has 1 aromatic heterocycles. The molecule has 1 fully saturated rings. The first kappa shape index (κ1) is 12.0. The van der Waals surface area contributed by atoms with Crippen LogP contribution in [-0.4, -0.2) is 54.9 Å². The van der Waals surface area contributed by atoms with E-state index in [1.807, 2.05) is 12.1 Å². The smallest absolute Gasteiger partial charge is 0.138 e. The van der Waals surface area contributed by atoms with Crippen molar-refractivity contribution in [2.24, 2.45) is 0 Å². The Kier molecular flexibility index (Phi) is 4.46. The maximum absolute atomic E-state index is 10.9. The second kappa shape index (κ2) is 6.32. The predicted octanol–water partition coefficient (Wildman–Crippen LogP) is -0.0338. The molecule has 2 rings (SSSR count). The monoisotopic (exact) mass is 234 g/mol. The zero-order valence-corrected chi connectivity index (χ0v) is 9.80. The van der Waals surface area contributed by atoms with Gasteiger partial charge < -0.3 is 15.4 Å². The van der Waals surface area contributed by atoms with Crippen molar-refractivity contribution in [2.75, 3.05) is 38.0 Å². The summed E-state index contributed by atoms with van der Waals surface area (Å²) >= 11 is 0. The molecule has 92 valence electrons. The van der Waals surface area contributed by atoms with Gasteiger partial charge in [0.2, 0.25) is 0 Å². The van der Waals surface area contributed by atoms with Crippen LogP contribution in [0.25, 0.3) is 0 Å². The SMILES string of the molecule is O=CC1CNCCN1CCNc1ccncc1. The van der Waals surface area contributed by atoms with Gasteiger partial charge in [0.25, 0.3) is 0 Å². The van der Waals surface area contributed by atoms with Gasteiger partial charge in [-0.1, -0.05) is 0 Å². The number of rotatable bonds is 5. The second-order valence-corrected chi connectivity index (χ2v) is 4.11. The van der Waals surface area contributed by atoms with Gasteiger partial charge in [0, 0.05) is 50.8 Å². The van der Waals surface area contributed by atoms with Gasteiger partial charge in [-0.2, -0.15) is 0 Å². The molecule has 1 aliphatic heterocycles. The Labute approximate surface area is 101 Å². The molecule has 1 saturated heterocycles. The van der Waals surface area contributed by atoms with Gasteiger partial charge in [-0.05, 0) is 12.1 Å². The largest absolute Gasteiger partial charge is 0.384 e. The van der Waals surface area contributed by atoms with Crippen LogP contribution >= 0.6 is 0 Å². The predicted molar refractivity (Wildman–Crippen MR) is 67.0 cm³/mol. The van der Waals surface area contributed by atoms with Crippen molar-refractivity contribution in [3.8, 4) is 0 Å². The summed E-state index contributed by atoms with van der Waals surface area (Å²) in [6.45, 7) is 4.38. The van der Waals surface area contributed by atoms with Crippen LogP contribution < -0.4 is 10.6 Å². The number of hydrogen-bond acceptors (Lipinski definition) is 5. The van der Waals surface area contributed by atoms with Gasteiger partial charge in [0.15, 0.2) is 0 Å². The Balaban J connectivity index is 1.75. The molecule has 5 heteroatoms. The number of carbonyl (C=O) groups is 1. The van der Waals surface area contributed by atoms with Crippen molar-refractivity contribution in [1.82, 2.24) is 15.2 Å². The molecule has 5 nitrogen and oxygen atoms in total. The van der Waals surface area contributed by atoms with E-state index in [1.54, 1.807) is 12.4 Å². The summed E-state index contributed by atoms with van der Waals surface area (Å²) in [5, 5.41) is 6.54. The lowest BCUT2D eigenvalue weighted by molar-refractivity contribution is -0.112. The molecule has 1 atom stereocenters. The number of carbonyl (C=O) groups excluding carboxylic acids is 1. The van der Waals surface area contributed by atoms with E-state index in [0.717, 1.165) is 44.7 Å². The van der Waals surface area contributed by atoms with Gasteiger partial charge in [0.1, 0.15) is 6.29 Å². The number of nitrogens with zero attached hydrogens (tertiary/aromatic N) is 2. The molecular formula is C12H18N4O. The zero-order valence-electron chi connectivity index (χ0n) is 9.80. The number of nitrogens with one attached hydrogen (secondary N) is 2. The average molecular weight is 234 g/mol. The fourth-order valence-electron chi connectivity index (χ4n) is 1.99. The molecule has 1 unspecified atom stereocenters. The third kappa shape index (κ3) is 3.51. The highest BCUT2D eigenvalue weighted by atomic mass is 16.1. The van der Waals surface area contributed by atoms with E-state index in [1.165, 1.54) is 0 Å². The second-order valence-electron chi connectivity index (χ2n) is 4.11. The summed E-state index contributed by atoms with van der Waals surface area (Å²) < 4.78 is 0. The van der Waals surface area contributed by atoms with Gasteiger partial charge in [-0.3, -0.25) is 9.88 Å². The van der Waals surface area contributed by atoms with E-state index < -0.39 is 0 Å². The molecule has 1 aromatic rings. The summed E-state index contributed by atoms with van der Waals surface area (Å²) in [7, 11) is 0. The molecule has 0 bridgehead atoms. The van der Waals surface area contributed by atoms with Crippen LogP contribution in [0.1, 0.15) is 0 Å². The molecule has 0 radical (unpaired) electrons. The van der Waals surface area contributed by atoms with Crippen molar-refractivity contribution >= 4 is 12.0 Å². The van der Waals surface area contributed by atoms with Crippen LogP contribution in [0.3, 0.4) is 0 Å².